The molecule has 124 valence electrons. The van der Waals surface area contributed by atoms with E-state index in [-0.39, 0.29) is 5.41 Å². The third-order valence-corrected chi connectivity index (χ3v) is 4.79. The molecule has 2 rings (SSSR count). The second-order valence-corrected chi connectivity index (χ2v) is 7.79. The zero-order valence-corrected chi connectivity index (χ0v) is 15.3. The van der Waals surface area contributed by atoms with Crippen LogP contribution in [-0.2, 0) is 16.1 Å². The van der Waals surface area contributed by atoms with Crippen LogP contribution < -0.4 is 4.74 Å². The summed E-state index contributed by atoms with van der Waals surface area (Å²) in [4.78, 5) is 4.31. The van der Waals surface area contributed by atoms with E-state index >= 15 is 0 Å². The number of aromatic nitrogens is 2. The van der Waals surface area contributed by atoms with E-state index in [1.54, 1.807) is 7.11 Å². The Morgan fingerprint density at radius 3 is 2.39 bits per heavy atom. The predicted molar refractivity (Wildman–Crippen MR) is 92.2 cm³/mol. The Bertz CT molecular complexity index is 678. The lowest BCUT2D eigenvalue weighted by Gasteiger charge is -2.18. The first kappa shape index (κ1) is 17.7. The molecule has 0 amide bonds. The van der Waals surface area contributed by atoms with Gasteiger partial charge in [0.05, 0.1) is 14.2 Å². The SMILES string of the molecule is COC(=N[S+]([O-])c1nc(-c2ccc(OC)cc2)ns1)C(C)(C)C. The molecule has 0 aliphatic heterocycles. The van der Waals surface area contributed by atoms with Crippen molar-refractivity contribution in [2.45, 2.75) is 25.1 Å². The highest BCUT2D eigenvalue weighted by atomic mass is 32.2. The molecule has 23 heavy (non-hydrogen) atoms. The van der Waals surface area contributed by atoms with E-state index in [4.69, 9.17) is 9.47 Å². The second kappa shape index (κ2) is 7.29. The van der Waals surface area contributed by atoms with E-state index in [9.17, 15) is 4.55 Å². The van der Waals surface area contributed by atoms with Gasteiger partial charge in [-0.15, -0.1) is 0 Å². The Labute approximate surface area is 143 Å². The molecule has 0 fully saturated rings. The van der Waals surface area contributed by atoms with Gasteiger partial charge in [0.15, 0.2) is 17.2 Å². The lowest BCUT2D eigenvalue weighted by molar-refractivity contribution is 0.338. The summed E-state index contributed by atoms with van der Waals surface area (Å²) < 4.78 is 31.4. The number of hydrogen-bond donors (Lipinski definition) is 0. The highest BCUT2D eigenvalue weighted by Gasteiger charge is 2.27. The van der Waals surface area contributed by atoms with Crippen LogP contribution >= 0.6 is 11.5 Å². The van der Waals surface area contributed by atoms with Gasteiger partial charge in [-0.3, -0.25) is 0 Å². The van der Waals surface area contributed by atoms with Crippen molar-refractivity contribution in [1.82, 2.24) is 9.36 Å². The number of methoxy groups -OCH3 is 2. The van der Waals surface area contributed by atoms with E-state index in [0.717, 1.165) is 22.8 Å². The van der Waals surface area contributed by atoms with Crippen molar-refractivity contribution in [2.24, 2.45) is 9.81 Å². The number of rotatable bonds is 4. The van der Waals surface area contributed by atoms with Gasteiger partial charge in [0.1, 0.15) is 5.75 Å². The molecule has 0 radical (unpaired) electrons. The van der Waals surface area contributed by atoms with Crippen molar-refractivity contribution >= 4 is 28.8 Å². The first-order chi connectivity index (χ1) is 10.8. The van der Waals surface area contributed by atoms with Crippen molar-refractivity contribution < 1.29 is 14.0 Å². The molecule has 0 aliphatic carbocycles. The fourth-order valence-electron chi connectivity index (χ4n) is 1.73. The lowest BCUT2D eigenvalue weighted by atomic mass is 9.97. The van der Waals surface area contributed by atoms with Crippen molar-refractivity contribution in [2.75, 3.05) is 14.2 Å². The third-order valence-electron chi connectivity index (χ3n) is 2.91. The zero-order valence-electron chi connectivity index (χ0n) is 13.7. The van der Waals surface area contributed by atoms with Gasteiger partial charge in [0.25, 0.3) is 0 Å². The van der Waals surface area contributed by atoms with Gasteiger partial charge in [0, 0.05) is 22.5 Å². The minimum Gasteiger partial charge on any atom is -0.584 e. The van der Waals surface area contributed by atoms with E-state index in [0.29, 0.717) is 16.1 Å². The maximum absolute atomic E-state index is 12.3. The molecule has 0 saturated carbocycles. The summed E-state index contributed by atoms with van der Waals surface area (Å²) in [6, 6.07) is 7.36. The molecular formula is C15H19N3O3S2. The molecule has 1 heterocycles. The van der Waals surface area contributed by atoms with Crippen LogP contribution in [0.5, 0.6) is 5.75 Å². The van der Waals surface area contributed by atoms with Crippen molar-refractivity contribution in [3.63, 3.8) is 0 Å². The molecule has 0 N–H and O–H groups in total. The molecule has 1 unspecified atom stereocenters. The molecule has 0 bridgehead atoms. The van der Waals surface area contributed by atoms with Gasteiger partial charge >= 0.3 is 4.34 Å². The Kier molecular flexibility index (Phi) is 5.61. The van der Waals surface area contributed by atoms with Crippen molar-refractivity contribution in [3.8, 4) is 17.1 Å². The standard InChI is InChI=1S/C15H19N3O3S2/c1-15(2,3)13(21-5)18-23(19)14-16-12(17-22-14)10-6-8-11(20-4)9-7-10/h6-9H,1-5H3. The number of hydrogen-bond acceptors (Lipinski definition) is 7. The van der Waals surface area contributed by atoms with Crippen LogP contribution in [0.15, 0.2) is 33.0 Å². The largest absolute Gasteiger partial charge is 0.584 e. The number of ether oxygens (including phenoxy) is 2. The average molecular weight is 353 g/mol. The van der Waals surface area contributed by atoms with Gasteiger partial charge in [-0.05, 0) is 28.7 Å². The second-order valence-electron chi connectivity index (χ2n) is 5.71. The summed E-state index contributed by atoms with van der Waals surface area (Å²) in [5.74, 6) is 1.69. The molecule has 0 spiro atoms. The zero-order chi connectivity index (χ0) is 17.0. The summed E-state index contributed by atoms with van der Waals surface area (Å²) in [5, 5.41) is 0. The summed E-state index contributed by atoms with van der Waals surface area (Å²) >= 11 is -0.565. The molecule has 1 aromatic carbocycles. The van der Waals surface area contributed by atoms with Crippen LogP contribution in [0.3, 0.4) is 0 Å². The Balaban J connectivity index is 2.22. The molecule has 2 aromatic rings. The van der Waals surface area contributed by atoms with Crippen LogP contribution in [-0.4, -0.2) is 34.0 Å². The molecule has 0 aliphatic rings. The molecule has 8 heteroatoms. The summed E-state index contributed by atoms with van der Waals surface area (Å²) in [6.45, 7) is 5.82. The minimum atomic E-state index is -1.64. The van der Waals surface area contributed by atoms with Crippen LogP contribution in [0.25, 0.3) is 11.4 Å². The van der Waals surface area contributed by atoms with Gasteiger partial charge in [-0.2, -0.15) is 9.36 Å². The maximum atomic E-state index is 12.3. The van der Waals surface area contributed by atoms with Crippen molar-refractivity contribution in [1.29, 1.82) is 0 Å². The van der Waals surface area contributed by atoms with E-state index in [1.165, 1.54) is 7.11 Å². The molecule has 0 saturated heterocycles. The monoisotopic (exact) mass is 353 g/mol. The third kappa shape index (κ3) is 4.43. The summed E-state index contributed by atoms with van der Waals surface area (Å²) in [7, 11) is 3.13. The molecule has 1 aromatic heterocycles. The average Bonchev–Trinajstić information content (AvgIpc) is 3.01. The van der Waals surface area contributed by atoms with Gasteiger partial charge in [-0.1, -0.05) is 20.8 Å². The summed E-state index contributed by atoms with van der Waals surface area (Å²) in [6.07, 6.45) is 0. The summed E-state index contributed by atoms with van der Waals surface area (Å²) in [5.41, 5.74) is 0.505. The predicted octanol–water partition coefficient (Wildman–Crippen LogP) is 3.33. The minimum absolute atomic E-state index is 0.325. The van der Waals surface area contributed by atoms with E-state index in [2.05, 4.69) is 13.8 Å². The fourth-order valence-corrected chi connectivity index (χ4v) is 3.39. The van der Waals surface area contributed by atoms with Crippen LogP contribution in [0, 0.1) is 5.41 Å². The van der Waals surface area contributed by atoms with Crippen LogP contribution in [0.1, 0.15) is 20.8 Å². The molecule has 6 nitrogen and oxygen atoms in total. The van der Waals surface area contributed by atoms with Gasteiger partial charge in [0.2, 0.25) is 5.90 Å². The first-order valence-electron chi connectivity index (χ1n) is 6.88. The molecule has 1 atom stereocenters. The normalized spacial score (nSPS) is 13.7. The van der Waals surface area contributed by atoms with Gasteiger partial charge < -0.3 is 14.0 Å². The van der Waals surface area contributed by atoms with Crippen molar-refractivity contribution in [3.05, 3.63) is 24.3 Å². The maximum Gasteiger partial charge on any atom is 0.351 e. The molecular weight excluding hydrogens is 334 g/mol. The Morgan fingerprint density at radius 2 is 1.87 bits per heavy atom. The Hall–Kier alpha value is -1.64. The van der Waals surface area contributed by atoms with E-state index < -0.39 is 11.4 Å². The first-order valence-corrected chi connectivity index (χ1v) is 8.76. The lowest BCUT2D eigenvalue weighted by Crippen LogP contribution is -2.23. The fraction of sp³-hybridized carbons (Fsp3) is 0.400. The number of nitrogens with zero attached hydrogens (tertiary/aromatic N) is 3. The number of benzene rings is 1. The topological polar surface area (TPSA) is 79.7 Å². The quantitative estimate of drug-likeness (QED) is 0.478. The smallest absolute Gasteiger partial charge is 0.351 e. The van der Waals surface area contributed by atoms with Crippen LogP contribution in [0.2, 0.25) is 0 Å². The van der Waals surface area contributed by atoms with Gasteiger partial charge in [-0.25, -0.2) is 0 Å². The Morgan fingerprint density at radius 1 is 1.22 bits per heavy atom. The highest BCUT2D eigenvalue weighted by molar-refractivity contribution is 7.92. The van der Waals surface area contributed by atoms with E-state index in [1.807, 2.05) is 45.0 Å². The highest BCUT2D eigenvalue weighted by Crippen LogP contribution is 2.25. The van der Waals surface area contributed by atoms with Crippen LogP contribution in [0.4, 0.5) is 0 Å².